The number of hydrogen-bond acceptors (Lipinski definition) is 4. The van der Waals surface area contributed by atoms with Crippen molar-refractivity contribution in [2.45, 2.75) is 33.6 Å². The van der Waals surface area contributed by atoms with Crippen molar-refractivity contribution in [3.05, 3.63) is 36.0 Å². The highest BCUT2D eigenvalue weighted by Crippen LogP contribution is 2.21. The van der Waals surface area contributed by atoms with Crippen molar-refractivity contribution in [1.29, 1.82) is 0 Å². The topological polar surface area (TPSA) is 58.0 Å². The highest BCUT2D eigenvalue weighted by Gasteiger charge is 2.08. The highest BCUT2D eigenvalue weighted by atomic mass is 16.3. The largest absolute Gasteiger partial charge is 0.508 e. The zero-order chi connectivity index (χ0) is 15.2. The molecule has 0 amide bonds. The molecule has 0 spiro atoms. The van der Waals surface area contributed by atoms with Gasteiger partial charge in [-0.25, -0.2) is 9.97 Å². The highest BCUT2D eigenvalue weighted by molar-refractivity contribution is 5.58. The summed E-state index contributed by atoms with van der Waals surface area (Å²) in [5.74, 6) is 2.37. The van der Waals surface area contributed by atoms with Gasteiger partial charge in [0.15, 0.2) is 5.82 Å². The van der Waals surface area contributed by atoms with Crippen LogP contribution >= 0.6 is 0 Å². The number of rotatable bonds is 6. The van der Waals surface area contributed by atoms with Crippen LogP contribution in [0.15, 0.2) is 30.3 Å². The van der Waals surface area contributed by atoms with Gasteiger partial charge in [0.1, 0.15) is 11.6 Å². The monoisotopic (exact) mass is 285 g/mol. The molecule has 4 heteroatoms. The second kappa shape index (κ2) is 7.07. The van der Waals surface area contributed by atoms with E-state index in [4.69, 9.17) is 0 Å². The Bertz CT molecular complexity index is 579. The third-order valence-corrected chi connectivity index (χ3v) is 3.08. The fraction of sp³-hybridized carbons (Fsp3) is 0.412. The Morgan fingerprint density at radius 3 is 2.48 bits per heavy atom. The lowest BCUT2D eigenvalue weighted by atomic mass is 10.1. The Labute approximate surface area is 126 Å². The molecule has 0 bridgehead atoms. The summed E-state index contributed by atoms with van der Waals surface area (Å²) < 4.78 is 0. The van der Waals surface area contributed by atoms with E-state index in [1.165, 1.54) is 0 Å². The van der Waals surface area contributed by atoms with Gasteiger partial charge >= 0.3 is 0 Å². The minimum atomic E-state index is 0.251. The van der Waals surface area contributed by atoms with Crippen LogP contribution in [0.5, 0.6) is 5.75 Å². The van der Waals surface area contributed by atoms with Crippen LogP contribution in [0.1, 0.15) is 32.9 Å². The summed E-state index contributed by atoms with van der Waals surface area (Å²) in [5, 5.41) is 12.7. The first-order valence-corrected chi connectivity index (χ1v) is 7.49. The number of benzene rings is 1. The summed E-state index contributed by atoms with van der Waals surface area (Å²) >= 11 is 0. The average Bonchev–Trinajstić information content (AvgIpc) is 2.45. The second-order valence-electron chi connectivity index (χ2n) is 5.64. The van der Waals surface area contributed by atoms with Crippen molar-refractivity contribution in [1.82, 2.24) is 9.97 Å². The van der Waals surface area contributed by atoms with Crippen LogP contribution in [-0.4, -0.2) is 21.6 Å². The molecule has 0 fully saturated rings. The van der Waals surface area contributed by atoms with Crippen molar-refractivity contribution in [3.8, 4) is 17.1 Å². The van der Waals surface area contributed by atoms with Crippen molar-refractivity contribution >= 4 is 5.82 Å². The summed E-state index contributed by atoms with van der Waals surface area (Å²) in [4.78, 5) is 9.22. The Balaban J connectivity index is 2.36. The third-order valence-electron chi connectivity index (χ3n) is 3.08. The van der Waals surface area contributed by atoms with Gasteiger partial charge < -0.3 is 10.4 Å². The summed E-state index contributed by atoms with van der Waals surface area (Å²) in [7, 11) is 0. The maximum Gasteiger partial charge on any atom is 0.161 e. The van der Waals surface area contributed by atoms with Crippen LogP contribution < -0.4 is 5.32 Å². The number of phenolic OH excluding ortho intramolecular Hbond substituents is 1. The van der Waals surface area contributed by atoms with Crippen molar-refractivity contribution < 1.29 is 5.11 Å². The van der Waals surface area contributed by atoms with Gasteiger partial charge in [0.2, 0.25) is 0 Å². The van der Waals surface area contributed by atoms with Gasteiger partial charge in [0.25, 0.3) is 0 Å². The Morgan fingerprint density at radius 2 is 1.86 bits per heavy atom. The number of nitrogens with one attached hydrogen (secondary N) is 1. The third kappa shape index (κ3) is 4.45. The molecule has 1 aromatic heterocycles. The van der Waals surface area contributed by atoms with Gasteiger partial charge in [-0.15, -0.1) is 0 Å². The Hall–Kier alpha value is -2.10. The lowest BCUT2D eigenvalue weighted by molar-refractivity contribution is 0.475. The number of aromatic nitrogens is 2. The molecule has 0 unspecified atom stereocenters. The minimum absolute atomic E-state index is 0.251. The van der Waals surface area contributed by atoms with Gasteiger partial charge in [-0.05, 0) is 43.0 Å². The standard InChI is InChI=1S/C17H23N3O/c1-4-9-18-16-11-14(10-12(2)3)19-17(20-16)13-5-7-15(21)8-6-13/h5-8,11-12,21H,4,9-10H2,1-3H3,(H,18,19,20). The normalized spacial score (nSPS) is 10.9. The van der Waals surface area contributed by atoms with Crippen molar-refractivity contribution in [2.24, 2.45) is 5.92 Å². The zero-order valence-electron chi connectivity index (χ0n) is 12.9. The predicted octanol–water partition coefficient (Wildman–Crippen LogP) is 3.87. The molecule has 1 heterocycles. The van der Waals surface area contributed by atoms with Crippen molar-refractivity contribution in [2.75, 3.05) is 11.9 Å². The van der Waals surface area contributed by atoms with E-state index in [2.05, 4.69) is 36.1 Å². The number of nitrogens with zero attached hydrogens (tertiary/aromatic N) is 2. The molecule has 0 aliphatic carbocycles. The van der Waals surface area contributed by atoms with Gasteiger partial charge in [0, 0.05) is 23.9 Å². The van der Waals surface area contributed by atoms with E-state index < -0.39 is 0 Å². The molecule has 0 saturated heterocycles. The van der Waals surface area contributed by atoms with E-state index in [-0.39, 0.29) is 5.75 Å². The molecule has 21 heavy (non-hydrogen) atoms. The molecule has 0 radical (unpaired) electrons. The molecular weight excluding hydrogens is 262 g/mol. The Morgan fingerprint density at radius 1 is 1.14 bits per heavy atom. The minimum Gasteiger partial charge on any atom is -0.508 e. The number of aromatic hydroxyl groups is 1. The summed E-state index contributed by atoms with van der Waals surface area (Å²) in [5.41, 5.74) is 1.96. The van der Waals surface area contributed by atoms with Crippen molar-refractivity contribution in [3.63, 3.8) is 0 Å². The lowest BCUT2D eigenvalue weighted by Gasteiger charge is -2.11. The van der Waals surface area contributed by atoms with Crippen LogP contribution in [0, 0.1) is 5.92 Å². The van der Waals surface area contributed by atoms with E-state index in [0.29, 0.717) is 11.7 Å². The number of anilines is 1. The van der Waals surface area contributed by atoms with Gasteiger partial charge in [-0.2, -0.15) is 0 Å². The Kier molecular flexibility index (Phi) is 5.14. The predicted molar refractivity (Wildman–Crippen MR) is 86.5 cm³/mol. The molecule has 0 atom stereocenters. The van der Waals surface area contributed by atoms with Crippen LogP contribution in [0.25, 0.3) is 11.4 Å². The molecule has 2 aromatic rings. The molecule has 2 N–H and O–H groups in total. The molecule has 0 aliphatic rings. The molecular formula is C17H23N3O. The summed E-state index contributed by atoms with van der Waals surface area (Å²) in [6.07, 6.45) is 1.98. The van der Waals surface area contributed by atoms with Crippen LogP contribution in [-0.2, 0) is 6.42 Å². The van der Waals surface area contributed by atoms with Crippen LogP contribution in [0.2, 0.25) is 0 Å². The molecule has 4 nitrogen and oxygen atoms in total. The molecule has 2 rings (SSSR count). The van der Waals surface area contributed by atoms with E-state index >= 15 is 0 Å². The van der Waals surface area contributed by atoms with Crippen LogP contribution in [0.3, 0.4) is 0 Å². The zero-order valence-corrected chi connectivity index (χ0v) is 12.9. The molecule has 112 valence electrons. The number of hydrogen-bond donors (Lipinski definition) is 2. The van der Waals surface area contributed by atoms with E-state index in [1.54, 1.807) is 12.1 Å². The lowest BCUT2D eigenvalue weighted by Crippen LogP contribution is -2.07. The van der Waals surface area contributed by atoms with Gasteiger partial charge in [0.05, 0.1) is 0 Å². The first kappa shape index (κ1) is 15.3. The van der Waals surface area contributed by atoms with E-state index in [0.717, 1.165) is 36.5 Å². The summed E-state index contributed by atoms with van der Waals surface area (Å²) in [6, 6.07) is 9.03. The maximum absolute atomic E-state index is 9.39. The second-order valence-corrected chi connectivity index (χ2v) is 5.64. The quantitative estimate of drug-likeness (QED) is 0.846. The van der Waals surface area contributed by atoms with Gasteiger partial charge in [-0.1, -0.05) is 20.8 Å². The maximum atomic E-state index is 9.39. The summed E-state index contributed by atoms with van der Waals surface area (Å²) in [6.45, 7) is 7.39. The molecule has 0 aliphatic heterocycles. The fourth-order valence-corrected chi connectivity index (χ4v) is 2.10. The molecule has 1 aromatic carbocycles. The van der Waals surface area contributed by atoms with Gasteiger partial charge in [-0.3, -0.25) is 0 Å². The fourth-order valence-electron chi connectivity index (χ4n) is 2.10. The first-order valence-electron chi connectivity index (χ1n) is 7.49. The van der Waals surface area contributed by atoms with E-state index in [1.807, 2.05) is 18.2 Å². The SMILES string of the molecule is CCCNc1cc(CC(C)C)nc(-c2ccc(O)cc2)n1. The van der Waals surface area contributed by atoms with Crippen LogP contribution in [0.4, 0.5) is 5.82 Å². The van der Waals surface area contributed by atoms with E-state index in [9.17, 15) is 5.11 Å². The average molecular weight is 285 g/mol. The number of phenols is 1. The molecule has 0 saturated carbocycles. The first-order chi connectivity index (χ1) is 10.1. The smallest absolute Gasteiger partial charge is 0.161 e.